The molecule has 1 aromatic carbocycles. The number of likely N-dealkylation sites (tertiary alicyclic amines) is 1. The summed E-state index contributed by atoms with van der Waals surface area (Å²) < 4.78 is 2.00. The van der Waals surface area contributed by atoms with Gasteiger partial charge in [0.05, 0.1) is 0 Å². The zero-order valence-corrected chi connectivity index (χ0v) is 11.9. The third-order valence-corrected chi connectivity index (χ3v) is 4.21. The summed E-state index contributed by atoms with van der Waals surface area (Å²) in [6, 6.07) is 9.67. The number of aryl methyl sites for hydroxylation is 1. The lowest BCUT2D eigenvalue weighted by Crippen LogP contribution is -2.32. The standard InChI is InChI=1S/C16H21N3O/c1-18-16(6-9-17-18)14-7-10-19(11-8-14)12-13-2-4-15(20)5-3-13/h2-6,9,14,20H,7-8,10-12H2,1H3. The highest BCUT2D eigenvalue weighted by molar-refractivity contribution is 5.25. The van der Waals surface area contributed by atoms with Gasteiger partial charge in [-0.25, -0.2) is 0 Å². The van der Waals surface area contributed by atoms with Crippen LogP contribution in [0.15, 0.2) is 36.5 Å². The molecule has 0 radical (unpaired) electrons. The van der Waals surface area contributed by atoms with Gasteiger partial charge in [0.15, 0.2) is 0 Å². The fraction of sp³-hybridized carbons (Fsp3) is 0.438. The van der Waals surface area contributed by atoms with Gasteiger partial charge in [0.1, 0.15) is 5.75 Å². The summed E-state index contributed by atoms with van der Waals surface area (Å²) in [5.74, 6) is 0.974. The van der Waals surface area contributed by atoms with Gasteiger partial charge in [-0.15, -0.1) is 0 Å². The second-order valence-corrected chi connectivity index (χ2v) is 5.60. The first-order valence-electron chi connectivity index (χ1n) is 7.20. The van der Waals surface area contributed by atoms with E-state index in [1.165, 1.54) is 24.1 Å². The number of hydrogen-bond acceptors (Lipinski definition) is 3. The molecule has 4 nitrogen and oxygen atoms in total. The lowest BCUT2D eigenvalue weighted by atomic mass is 9.93. The number of phenols is 1. The minimum Gasteiger partial charge on any atom is -0.508 e. The van der Waals surface area contributed by atoms with Crippen molar-refractivity contribution in [2.75, 3.05) is 13.1 Å². The Hall–Kier alpha value is -1.81. The second-order valence-electron chi connectivity index (χ2n) is 5.60. The molecule has 0 atom stereocenters. The van der Waals surface area contributed by atoms with Crippen LogP contribution in [0.2, 0.25) is 0 Å². The van der Waals surface area contributed by atoms with Crippen molar-refractivity contribution in [1.82, 2.24) is 14.7 Å². The van der Waals surface area contributed by atoms with E-state index in [1.807, 2.05) is 30.1 Å². The Kier molecular flexibility index (Phi) is 3.74. The molecule has 1 aliphatic rings. The zero-order chi connectivity index (χ0) is 13.9. The SMILES string of the molecule is Cn1nccc1C1CCN(Cc2ccc(O)cc2)CC1. The van der Waals surface area contributed by atoms with Gasteiger partial charge >= 0.3 is 0 Å². The van der Waals surface area contributed by atoms with E-state index >= 15 is 0 Å². The van der Waals surface area contributed by atoms with Crippen LogP contribution < -0.4 is 0 Å². The Morgan fingerprint density at radius 1 is 1.15 bits per heavy atom. The van der Waals surface area contributed by atoms with Crippen LogP contribution in [0.1, 0.15) is 30.0 Å². The second kappa shape index (κ2) is 5.67. The number of aromatic nitrogens is 2. The average molecular weight is 271 g/mol. The molecule has 0 spiro atoms. The first-order valence-corrected chi connectivity index (χ1v) is 7.20. The first-order chi connectivity index (χ1) is 9.72. The van der Waals surface area contributed by atoms with E-state index in [2.05, 4.69) is 16.1 Å². The average Bonchev–Trinajstić information content (AvgIpc) is 2.89. The summed E-state index contributed by atoms with van der Waals surface area (Å²) in [5, 5.41) is 13.6. The van der Waals surface area contributed by atoms with Gasteiger partial charge in [-0.05, 0) is 49.7 Å². The number of hydrogen-bond donors (Lipinski definition) is 1. The molecule has 3 rings (SSSR count). The lowest BCUT2D eigenvalue weighted by molar-refractivity contribution is 0.201. The largest absolute Gasteiger partial charge is 0.508 e. The minimum absolute atomic E-state index is 0.337. The molecule has 2 aromatic rings. The van der Waals surface area contributed by atoms with Gasteiger partial charge in [0.2, 0.25) is 0 Å². The van der Waals surface area contributed by atoms with Gasteiger partial charge in [0.25, 0.3) is 0 Å². The third-order valence-electron chi connectivity index (χ3n) is 4.21. The summed E-state index contributed by atoms with van der Waals surface area (Å²) in [6.45, 7) is 3.21. The molecule has 4 heteroatoms. The first kappa shape index (κ1) is 13.2. The fourth-order valence-corrected chi connectivity index (χ4v) is 3.03. The predicted molar refractivity (Wildman–Crippen MR) is 78.6 cm³/mol. The van der Waals surface area contributed by atoms with E-state index in [-0.39, 0.29) is 0 Å². The Bertz CT molecular complexity index is 553. The van der Waals surface area contributed by atoms with E-state index in [9.17, 15) is 5.11 Å². The molecule has 20 heavy (non-hydrogen) atoms. The maximum absolute atomic E-state index is 9.31. The Morgan fingerprint density at radius 3 is 2.45 bits per heavy atom. The highest BCUT2D eigenvalue weighted by atomic mass is 16.3. The highest BCUT2D eigenvalue weighted by Gasteiger charge is 2.22. The quantitative estimate of drug-likeness (QED) is 0.932. The van der Waals surface area contributed by atoms with Crippen LogP contribution in [0.5, 0.6) is 5.75 Å². The Morgan fingerprint density at radius 2 is 1.85 bits per heavy atom. The number of piperidine rings is 1. The predicted octanol–water partition coefficient (Wildman–Crippen LogP) is 2.51. The van der Waals surface area contributed by atoms with E-state index in [4.69, 9.17) is 0 Å². The summed E-state index contributed by atoms with van der Waals surface area (Å²) in [5.41, 5.74) is 2.62. The van der Waals surface area contributed by atoms with Crippen molar-refractivity contribution in [3.63, 3.8) is 0 Å². The molecule has 0 aliphatic carbocycles. The summed E-state index contributed by atoms with van der Waals surface area (Å²) >= 11 is 0. The molecule has 1 saturated heterocycles. The number of aromatic hydroxyl groups is 1. The molecule has 0 unspecified atom stereocenters. The van der Waals surface area contributed by atoms with Crippen molar-refractivity contribution >= 4 is 0 Å². The molecule has 2 heterocycles. The van der Waals surface area contributed by atoms with Gasteiger partial charge in [-0.3, -0.25) is 9.58 Å². The molecule has 1 fully saturated rings. The third kappa shape index (κ3) is 2.85. The van der Waals surface area contributed by atoms with Crippen LogP contribution in [-0.2, 0) is 13.6 Å². The van der Waals surface area contributed by atoms with Crippen LogP contribution in [0.3, 0.4) is 0 Å². The van der Waals surface area contributed by atoms with Crippen molar-refractivity contribution in [2.45, 2.75) is 25.3 Å². The molecule has 1 N–H and O–H groups in total. The summed E-state index contributed by atoms with van der Waals surface area (Å²) in [6.07, 6.45) is 4.27. The fourth-order valence-electron chi connectivity index (χ4n) is 3.03. The maximum atomic E-state index is 9.31. The normalized spacial score (nSPS) is 17.4. The van der Waals surface area contributed by atoms with Crippen LogP contribution in [-0.4, -0.2) is 32.9 Å². The van der Waals surface area contributed by atoms with Crippen LogP contribution in [0.25, 0.3) is 0 Å². The maximum Gasteiger partial charge on any atom is 0.115 e. The number of benzene rings is 1. The van der Waals surface area contributed by atoms with Crippen molar-refractivity contribution in [1.29, 1.82) is 0 Å². The Labute approximate surface area is 119 Å². The minimum atomic E-state index is 0.337. The van der Waals surface area contributed by atoms with Crippen molar-refractivity contribution < 1.29 is 5.11 Å². The van der Waals surface area contributed by atoms with Gasteiger partial charge < -0.3 is 5.11 Å². The Balaban J connectivity index is 1.56. The van der Waals surface area contributed by atoms with Crippen molar-refractivity contribution in [3.8, 4) is 5.75 Å². The molecule has 0 bridgehead atoms. The highest BCUT2D eigenvalue weighted by Crippen LogP contribution is 2.28. The zero-order valence-electron chi connectivity index (χ0n) is 11.9. The molecule has 0 saturated carbocycles. The molecular weight excluding hydrogens is 250 g/mol. The lowest BCUT2D eigenvalue weighted by Gasteiger charge is -2.32. The summed E-state index contributed by atoms with van der Waals surface area (Å²) in [4.78, 5) is 2.49. The van der Waals surface area contributed by atoms with E-state index in [1.54, 1.807) is 12.1 Å². The molecular formula is C16H21N3O. The summed E-state index contributed by atoms with van der Waals surface area (Å²) in [7, 11) is 2.03. The van der Waals surface area contributed by atoms with Crippen LogP contribution in [0, 0.1) is 0 Å². The van der Waals surface area contributed by atoms with E-state index < -0.39 is 0 Å². The van der Waals surface area contributed by atoms with Crippen LogP contribution in [0.4, 0.5) is 0 Å². The number of rotatable bonds is 3. The monoisotopic (exact) mass is 271 g/mol. The van der Waals surface area contributed by atoms with Crippen molar-refractivity contribution in [2.24, 2.45) is 7.05 Å². The molecule has 106 valence electrons. The molecule has 1 aliphatic heterocycles. The van der Waals surface area contributed by atoms with Gasteiger partial charge in [-0.1, -0.05) is 12.1 Å². The van der Waals surface area contributed by atoms with E-state index in [0.29, 0.717) is 11.7 Å². The van der Waals surface area contributed by atoms with Gasteiger partial charge in [0, 0.05) is 31.4 Å². The molecule has 1 aromatic heterocycles. The van der Waals surface area contributed by atoms with Crippen molar-refractivity contribution in [3.05, 3.63) is 47.8 Å². The van der Waals surface area contributed by atoms with E-state index in [0.717, 1.165) is 19.6 Å². The number of phenolic OH excluding ortho intramolecular Hbond substituents is 1. The topological polar surface area (TPSA) is 41.3 Å². The smallest absolute Gasteiger partial charge is 0.115 e. The molecule has 0 amide bonds. The van der Waals surface area contributed by atoms with Crippen LogP contribution >= 0.6 is 0 Å². The van der Waals surface area contributed by atoms with Gasteiger partial charge in [-0.2, -0.15) is 5.10 Å². The number of nitrogens with zero attached hydrogens (tertiary/aromatic N) is 3.